The number of halogens is 1. The number of carbonyl (C=O) groups excluding carboxylic acids is 3. The van der Waals surface area contributed by atoms with Gasteiger partial charge in [-0.2, -0.15) is 5.26 Å². The Hall–Kier alpha value is -4.65. The van der Waals surface area contributed by atoms with E-state index in [1.807, 2.05) is 6.07 Å². The van der Waals surface area contributed by atoms with Crippen molar-refractivity contribution >= 4 is 23.6 Å². The molecule has 0 amide bonds. The molecule has 1 unspecified atom stereocenters. The van der Waals surface area contributed by atoms with Gasteiger partial charge in [0.15, 0.2) is 0 Å². The Labute approximate surface area is 194 Å². The van der Waals surface area contributed by atoms with Crippen LogP contribution in [0.25, 0.3) is 0 Å². The predicted octanol–water partition coefficient (Wildman–Crippen LogP) is 2.51. The fraction of sp³-hybridized carbons (Fsp3) is 0.167. The van der Waals surface area contributed by atoms with Crippen LogP contribution in [0.15, 0.2) is 71.2 Å². The fourth-order valence-corrected chi connectivity index (χ4v) is 3.74. The van der Waals surface area contributed by atoms with Crippen LogP contribution in [0.5, 0.6) is 0 Å². The molecule has 0 bridgehead atoms. The second-order valence-electron chi connectivity index (χ2n) is 6.99. The first-order valence-corrected chi connectivity index (χ1v) is 9.84. The molecular weight excluding hydrogens is 445 g/mol. The van der Waals surface area contributed by atoms with Crippen LogP contribution in [0, 0.1) is 17.1 Å². The van der Waals surface area contributed by atoms with Crippen LogP contribution < -0.4 is 10.6 Å². The first kappa shape index (κ1) is 24.0. The van der Waals surface area contributed by atoms with Crippen molar-refractivity contribution in [1.82, 2.24) is 0 Å². The molecule has 0 fully saturated rings. The van der Waals surface area contributed by atoms with Crippen molar-refractivity contribution in [1.29, 1.82) is 5.26 Å². The summed E-state index contributed by atoms with van der Waals surface area (Å²) < 4.78 is 28.6. The van der Waals surface area contributed by atoms with Crippen LogP contribution in [0.1, 0.15) is 21.8 Å². The lowest BCUT2D eigenvalue weighted by molar-refractivity contribution is -0.139. The van der Waals surface area contributed by atoms with E-state index in [2.05, 4.69) is 0 Å². The number of hydrogen-bond donors (Lipinski definition) is 1. The number of benzene rings is 2. The van der Waals surface area contributed by atoms with Gasteiger partial charge < -0.3 is 19.9 Å². The number of methoxy groups -OCH3 is 3. The Bertz CT molecular complexity index is 1260. The monoisotopic (exact) mass is 465 g/mol. The molecule has 0 aromatic heterocycles. The van der Waals surface area contributed by atoms with Gasteiger partial charge in [0.1, 0.15) is 17.3 Å². The maximum Gasteiger partial charge on any atom is 0.355 e. The summed E-state index contributed by atoms with van der Waals surface area (Å²) in [6.07, 6.45) is 0. The summed E-state index contributed by atoms with van der Waals surface area (Å²) in [5.74, 6) is -4.96. The first-order valence-electron chi connectivity index (χ1n) is 9.84. The highest BCUT2D eigenvalue weighted by Gasteiger charge is 2.43. The van der Waals surface area contributed by atoms with Crippen molar-refractivity contribution < 1.29 is 33.0 Å². The lowest BCUT2D eigenvalue weighted by Gasteiger charge is -2.36. The molecule has 10 heteroatoms. The van der Waals surface area contributed by atoms with E-state index in [0.717, 1.165) is 38.4 Å². The van der Waals surface area contributed by atoms with E-state index in [9.17, 15) is 24.0 Å². The van der Waals surface area contributed by atoms with Gasteiger partial charge in [-0.05, 0) is 23.8 Å². The smallest absolute Gasteiger partial charge is 0.355 e. The summed E-state index contributed by atoms with van der Waals surface area (Å²) in [4.78, 5) is 39.5. The van der Waals surface area contributed by atoms with Gasteiger partial charge in [-0.1, -0.05) is 30.3 Å². The standard InChI is InChI=1S/C24H20FN3O6/c1-32-22(29)15-11-14(25)9-10-17(15)28-20(24(31)34-3)19(23(30)33-2)18(16(12-26)21(28)27)13-7-5-4-6-8-13/h4-11,18H,27H2,1-3H3. The van der Waals surface area contributed by atoms with Gasteiger partial charge >= 0.3 is 17.9 Å². The number of hydrogen-bond acceptors (Lipinski definition) is 9. The minimum Gasteiger partial charge on any atom is -0.466 e. The Kier molecular flexibility index (Phi) is 6.97. The summed E-state index contributed by atoms with van der Waals surface area (Å²) in [5.41, 5.74) is 5.72. The highest BCUT2D eigenvalue weighted by atomic mass is 19.1. The lowest BCUT2D eigenvalue weighted by atomic mass is 9.80. The highest BCUT2D eigenvalue weighted by molar-refractivity contribution is 6.08. The van der Waals surface area contributed by atoms with Crippen LogP contribution in [0.2, 0.25) is 0 Å². The molecule has 2 aromatic rings. The van der Waals surface area contributed by atoms with Gasteiger partial charge in [-0.3, -0.25) is 4.90 Å². The maximum absolute atomic E-state index is 14.0. The fourth-order valence-electron chi connectivity index (χ4n) is 3.74. The molecule has 0 saturated carbocycles. The number of nitriles is 1. The van der Waals surface area contributed by atoms with Crippen molar-refractivity contribution in [2.24, 2.45) is 5.73 Å². The molecule has 34 heavy (non-hydrogen) atoms. The number of ether oxygens (including phenoxy) is 3. The van der Waals surface area contributed by atoms with Crippen molar-refractivity contribution in [3.8, 4) is 6.07 Å². The number of allylic oxidation sites excluding steroid dienone is 1. The molecule has 1 atom stereocenters. The Morgan fingerprint density at radius 1 is 0.971 bits per heavy atom. The van der Waals surface area contributed by atoms with Crippen molar-refractivity contribution in [2.75, 3.05) is 26.2 Å². The van der Waals surface area contributed by atoms with E-state index in [1.54, 1.807) is 30.3 Å². The average molecular weight is 465 g/mol. The molecule has 1 aliphatic rings. The van der Waals surface area contributed by atoms with Crippen LogP contribution in [-0.4, -0.2) is 39.2 Å². The average Bonchev–Trinajstić information content (AvgIpc) is 2.87. The van der Waals surface area contributed by atoms with Gasteiger partial charge in [0.25, 0.3) is 0 Å². The molecule has 1 aliphatic heterocycles. The Morgan fingerprint density at radius 2 is 1.59 bits per heavy atom. The predicted molar refractivity (Wildman–Crippen MR) is 117 cm³/mol. The molecule has 2 aromatic carbocycles. The topological polar surface area (TPSA) is 132 Å². The van der Waals surface area contributed by atoms with Gasteiger partial charge in [-0.25, -0.2) is 18.8 Å². The molecule has 174 valence electrons. The Morgan fingerprint density at radius 3 is 2.15 bits per heavy atom. The van der Waals surface area contributed by atoms with Crippen LogP contribution >= 0.6 is 0 Å². The second kappa shape index (κ2) is 9.87. The first-order chi connectivity index (χ1) is 16.3. The van der Waals surface area contributed by atoms with Gasteiger partial charge in [-0.15, -0.1) is 0 Å². The normalized spacial score (nSPS) is 15.5. The number of anilines is 1. The van der Waals surface area contributed by atoms with Crippen molar-refractivity contribution in [3.63, 3.8) is 0 Å². The number of nitrogens with zero attached hydrogens (tertiary/aromatic N) is 2. The molecule has 1 heterocycles. The number of nitrogens with two attached hydrogens (primary N) is 1. The molecule has 9 nitrogen and oxygen atoms in total. The highest BCUT2D eigenvalue weighted by Crippen LogP contribution is 2.44. The third kappa shape index (κ3) is 4.06. The summed E-state index contributed by atoms with van der Waals surface area (Å²) in [5, 5.41) is 10.0. The summed E-state index contributed by atoms with van der Waals surface area (Å²) >= 11 is 0. The Balaban J connectivity index is 2.47. The minimum atomic E-state index is -1.08. The van der Waals surface area contributed by atoms with Crippen molar-refractivity contribution in [3.05, 3.63) is 88.1 Å². The van der Waals surface area contributed by atoms with E-state index in [4.69, 9.17) is 19.9 Å². The SMILES string of the molecule is COC(=O)C1=C(C(=O)OC)N(c2ccc(F)cc2C(=O)OC)C(N)=C(C#N)C1c1ccccc1. The quantitative estimate of drug-likeness (QED) is 0.522. The van der Waals surface area contributed by atoms with E-state index >= 15 is 0 Å². The summed E-state index contributed by atoms with van der Waals surface area (Å²) in [6.45, 7) is 0. The summed E-state index contributed by atoms with van der Waals surface area (Å²) in [6, 6.07) is 13.5. The molecule has 0 aliphatic carbocycles. The van der Waals surface area contributed by atoms with E-state index in [-0.39, 0.29) is 28.2 Å². The van der Waals surface area contributed by atoms with Crippen LogP contribution in [0.3, 0.4) is 0 Å². The molecular formula is C24H20FN3O6. The van der Waals surface area contributed by atoms with Gasteiger partial charge in [0, 0.05) is 0 Å². The minimum absolute atomic E-state index is 0.0978. The van der Waals surface area contributed by atoms with E-state index < -0.39 is 35.3 Å². The molecule has 0 radical (unpaired) electrons. The third-order valence-electron chi connectivity index (χ3n) is 5.22. The van der Waals surface area contributed by atoms with Crippen molar-refractivity contribution in [2.45, 2.75) is 5.92 Å². The van der Waals surface area contributed by atoms with E-state index in [1.165, 1.54) is 6.07 Å². The zero-order chi connectivity index (χ0) is 25.0. The number of esters is 3. The third-order valence-corrected chi connectivity index (χ3v) is 5.22. The van der Waals surface area contributed by atoms with E-state index in [0.29, 0.717) is 5.56 Å². The zero-order valence-corrected chi connectivity index (χ0v) is 18.5. The van der Waals surface area contributed by atoms with Crippen LogP contribution in [0.4, 0.5) is 10.1 Å². The zero-order valence-electron chi connectivity index (χ0n) is 18.5. The molecule has 2 N–H and O–H groups in total. The molecule has 3 rings (SSSR count). The number of carbonyl (C=O) groups is 3. The van der Waals surface area contributed by atoms with Gasteiger partial charge in [0.05, 0.1) is 55.7 Å². The summed E-state index contributed by atoms with van der Waals surface area (Å²) in [7, 11) is 3.29. The second-order valence-corrected chi connectivity index (χ2v) is 6.99. The molecule has 0 spiro atoms. The van der Waals surface area contributed by atoms with Gasteiger partial charge in [0.2, 0.25) is 0 Å². The molecule has 0 saturated heterocycles. The maximum atomic E-state index is 14.0. The number of rotatable bonds is 5. The largest absolute Gasteiger partial charge is 0.466 e. The lowest BCUT2D eigenvalue weighted by Crippen LogP contribution is -2.41. The van der Waals surface area contributed by atoms with Crippen LogP contribution in [-0.2, 0) is 23.8 Å².